The summed E-state index contributed by atoms with van der Waals surface area (Å²) in [6.45, 7) is 6.96. The van der Waals surface area contributed by atoms with Crippen molar-refractivity contribution in [2.24, 2.45) is 0 Å². The summed E-state index contributed by atoms with van der Waals surface area (Å²) < 4.78 is 0. The van der Waals surface area contributed by atoms with Crippen LogP contribution >= 0.6 is 0 Å². The SMILES string of the molecule is CCCCCCCCC12CCCc3c(C)ccc(c31)-c1c2cc(C)c2ccccc12. The van der Waals surface area contributed by atoms with E-state index in [0.717, 1.165) is 0 Å². The second-order valence-corrected chi connectivity index (χ2v) is 9.90. The van der Waals surface area contributed by atoms with Crippen LogP contribution in [0.3, 0.4) is 0 Å². The first-order chi connectivity index (χ1) is 14.7. The standard InChI is InChI=1S/C30H36/c1-4-5-6-7-8-11-18-30-19-12-15-24-21(2)16-17-26(29(24)30)28-25-14-10-9-13-23(25)22(3)20-27(28)30/h9-10,13-14,16-17,20H,4-8,11-12,15,18-19H2,1-3H3. The average molecular weight is 397 g/mol. The molecule has 0 aromatic heterocycles. The maximum Gasteiger partial charge on any atom is 0.0218 e. The van der Waals surface area contributed by atoms with Gasteiger partial charge in [-0.1, -0.05) is 87.9 Å². The summed E-state index contributed by atoms with van der Waals surface area (Å²) in [5.74, 6) is 0. The van der Waals surface area contributed by atoms with Crippen LogP contribution in [0.2, 0.25) is 0 Å². The van der Waals surface area contributed by atoms with Gasteiger partial charge in [-0.05, 0) is 89.2 Å². The van der Waals surface area contributed by atoms with Crippen molar-refractivity contribution in [1.29, 1.82) is 0 Å². The summed E-state index contributed by atoms with van der Waals surface area (Å²) in [6, 6.07) is 16.5. The quantitative estimate of drug-likeness (QED) is 0.350. The molecule has 0 heterocycles. The minimum Gasteiger partial charge on any atom is -0.0654 e. The molecule has 0 fully saturated rings. The molecule has 0 radical (unpaired) electrons. The van der Waals surface area contributed by atoms with E-state index in [2.05, 4.69) is 63.2 Å². The van der Waals surface area contributed by atoms with Crippen molar-refractivity contribution in [3.8, 4) is 11.1 Å². The van der Waals surface area contributed by atoms with Crippen LogP contribution in [-0.2, 0) is 11.8 Å². The number of rotatable bonds is 7. The number of aryl methyl sites for hydroxylation is 2. The van der Waals surface area contributed by atoms with E-state index in [9.17, 15) is 0 Å². The Hall–Kier alpha value is -2.08. The molecule has 5 rings (SSSR count). The lowest BCUT2D eigenvalue weighted by molar-refractivity contribution is 0.387. The van der Waals surface area contributed by atoms with Crippen LogP contribution < -0.4 is 0 Å². The van der Waals surface area contributed by atoms with Gasteiger partial charge >= 0.3 is 0 Å². The first-order valence-electron chi connectivity index (χ1n) is 12.3. The fourth-order valence-electron chi connectivity index (χ4n) is 6.61. The van der Waals surface area contributed by atoms with Gasteiger partial charge in [-0.2, -0.15) is 0 Å². The molecular weight excluding hydrogens is 360 g/mol. The van der Waals surface area contributed by atoms with Crippen LogP contribution in [0.4, 0.5) is 0 Å². The highest BCUT2D eigenvalue weighted by Crippen LogP contribution is 2.59. The molecule has 3 aromatic rings. The lowest BCUT2D eigenvalue weighted by atomic mass is 9.65. The third-order valence-corrected chi connectivity index (χ3v) is 8.05. The monoisotopic (exact) mass is 396 g/mol. The second-order valence-electron chi connectivity index (χ2n) is 9.90. The van der Waals surface area contributed by atoms with Crippen LogP contribution in [0.1, 0.15) is 92.5 Å². The van der Waals surface area contributed by atoms with Crippen LogP contribution in [-0.4, -0.2) is 0 Å². The van der Waals surface area contributed by atoms with E-state index in [4.69, 9.17) is 0 Å². The van der Waals surface area contributed by atoms with E-state index in [-0.39, 0.29) is 5.41 Å². The summed E-state index contributed by atoms with van der Waals surface area (Å²) in [5, 5.41) is 2.90. The lowest BCUT2D eigenvalue weighted by Gasteiger charge is -2.38. The molecule has 0 aliphatic heterocycles. The molecule has 156 valence electrons. The zero-order valence-electron chi connectivity index (χ0n) is 19.1. The van der Waals surface area contributed by atoms with Crippen LogP contribution in [0.5, 0.6) is 0 Å². The Morgan fingerprint density at radius 2 is 1.60 bits per heavy atom. The number of hydrogen-bond donors (Lipinski definition) is 0. The van der Waals surface area contributed by atoms with Gasteiger partial charge in [0.25, 0.3) is 0 Å². The molecule has 30 heavy (non-hydrogen) atoms. The van der Waals surface area contributed by atoms with Crippen LogP contribution in [0, 0.1) is 13.8 Å². The van der Waals surface area contributed by atoms with Crippen LogP contribution in [0.15, 0.2) is 42.5 Å². The molecule has 0 nitrogen and oxygen atoms in total. The van der Waals surface area contributed by atoms with E-state index in [1.54, 1.807) is 27.8 Å². The fourth-order valence-corrected chi connectivity index (χ4v) is 6.61. The van der Waals surface area contributed by atoms with Crippen molar-refractivity contribution in [2.75, 3.05) is 0 Å². The van der Waals surface area contributed by atoms with Crippen molar-refractivity contribution >= 4 is 10.8 Å². The van der Waals surface area contributed by atoms with Gasteiger partial charge in [-0.25, -0.2) is 0 Å². The molecule has 2 aliphatic rings. The van der Waals surface area contributed by atoms with Gasteiger partial charge < -0.3 is 0 Å². The number of hydrogen-bond acceptors (Lipinski definition) is 0. The predicted octanol–water partition coefficient (Wildman–Crippen LogP) is 8.81. The van der Waals surface area contributed by atoms with Gasteiger partial charge in [0.1, 0.15) is 0 Å². The summed E-state index contributed by atoms with van der Waals surface area (Å²) in [4.78, 5) is 0. The fraction of sp³-hybridized carbons (Fsp3) is 0.467. The Morgan fingerprint density at radius 3 is 2.43 bits per heavy atom. The van der Waals surface area contributed by atoms with Crippen LogP contribution in [0.25, 0.3) is 21.9 Å². The van der Waals surface area contributed by atoms with Gasteiger partial charge in [0.2, 0.25) is 0 Å². The molecule has 0 saturated heterocycles. The maximum atomic E-state index is 2.57. The van der Waals surface area contributed by atoms with E-state index < -0.39 is 0 Å². The lowest BCUT2D eigenvalue weighted by Crippen LogP contribution is -2.30. The smallest absolute Gasteiger partial charge is 0.0218 e. The summed E-state index contributed by atoms with van der Waals surface area (Å²) in [5.41, 5.74) is 11.3. The van der Waals surface area contributed by atoms with Gasteiger partial charge in [0.05, 0.1) is 0 Å². The Morgan fingerprint density at radius 1 is 0.833 bits per heavy atom. The molecule has 3 aromatic carbocycles. The predicted molar refractivity (Wildman–Crippen MR) is 131 cm³/mol. The first-order valence-corrected chi connectivity index (χ1v) is 12.3. The van der Waals surface area contributed by atoms with Gasteiger partial charge in [-0.3, -0.25) is 0 Å². The molecule has 2 aliphatic carbocycles. The zero-order valence-corrected chi connectivity index (χ0v) is 19.1. The highest BCUT2D eigenvalue weighted by molar-refractivity contribution is 6.04. The molecule has 0 saturated carbocycles. The third-order valence-electron chi connectivity index (χ3n) is 8.05. The molecule has 0 N–H and O–H groups in total. The topological polar surface area (TPSA) is 0 Å². The molecular formula is C30H36. The summed E-state index contributed by atoms with van der Waals surface area (Å²) >= 11 is 0. The molecule has 1 unspecified atom stereocenters. The largest absolute Gasteiger partial charge is 0.0654 e. The molecule has 0 heteroatoms. The Labute approximate surface area is 182 Å². The number of benzene rings is 3. The van der Waals surface area contributed by atoms with E-state index in [1.165, 1.54) is 86.1 Å². The van der Waals surface area contributed by atoms with Crippen molar-refractivity contribution in [3.05, 3.63) is 70.3 Å². The maximum absolute atomic E-state index is 2.57. The highest BCUT2D eigenvalue weighted by atomic mass is 14.5. The highest BCUT2D eigenvalue weighted by Gasteiger charge is 2.46. The third kappa shape index (κ3) is 2.95. The van der Waals surface area contributed by atoms with Gasteiger partial charge in [-0.15, -0.1) is 0 Å². The van der Waals surface area contributed by atoms with Crippen molar-refractivity contribution < 1.29 is 0 Å². The van der Waals surface area contributed by atoms with Crippen molar-refractivity contribution in [2.45, 2.75) is 90.4 Å². The van der Waals surface area contributed by atoms with E-state index >= 15 is 0 Å². The molecule has 0 bridgehead atoms. The summed E-state index contributed by atoms with van der Waals surface area (Å²) in [7, 11) is 0. The Kier molecular flexibility index (Phi) is 5.21. The zero-order chi connectivity index (χ0) is 20.7. The molecule has 0 amide bonds. The van der Waals surface area contributed by atoms with Gasteiger partial charge in [0.15, 0.2) is 0 Å². The molecule has 1 atom stereocenters. The van der Waals surface area contributed by atoms with Crippen molar-refractivity contribution in [1.82, 2.24) is 0 Å². The Balaban J connectivity index is 1.65. The van der Waals surface area contributed by atoms with E-state index in [0.29, 0.717) is 0 Å². The second kappa shape index (κ2) is 7.88. The normalized spacial score (nSPS) is 19.2. The summed E-state index contributed by atoms with van der Waals surface area (Å²) in [6.07, 6.45) is 13.5. The average Bonchev–Trinajstić information content (AvgIpc) is 3.04. The van der Waals surface area contributed by atoms with Crippen molar-refractivity contribution in [3.63, 3.8) is 0 Å². The number of unbranched alkanes of at least 4 members (excludes halogenated alkanes) is 5. The van der Waals surface area contributed by atoms with E-state index in [1.807, 2.05) is 0 Å². The van der Waals surface area contributed by atoms with Gasteiger partial charge in [0, 0.05) is 5.41 Å². The molecule has 0 spiro atoms. The minimum absolute atomic E-state index is 0.254. The Bertz CT molecular complexity index is 1090. The first kappa shape index (κ1) is 19.9. The number of fused-ring (bicyclic) bond motifs is 5. The minimum atomic E-state index is 0.254.